The van der Waals surface area contributed by atoms with Gasteiger partial charge in [-0.05, 0) is 13.3 Å². The molecule has 0 saturated carbocycles. The summed E-state index contributed by atoms with van der Waals surface area (Å²) in [6, 6.07) is -0.524. The van der Waals surface area contributed by atoms with Crippen molar-refractivity contribution in [1.29, 1.82) is 0 Å². The third-order valence-corrected chi connectivity index (χ3v) is 2.10. The van der Waals surface area contributed by atoms with Crippen LogP contribution in [0.1, 0.15) is 19.8 Å². The zero-order valence-corrected chi connectivity index (χ0v) is 7.32. The van der Waals surface area contributed by atoms with Crippen LogP contribution in [0, 0.1) is 0 Å². The molecule has 0 bridgehead atoms. The summed E-state index contributed by atoms with van der Waals surface area (Å²) < 4.78 is 0. The Labute approximate surface area is 75.3 Å². The van der Waals surface area contributed by atoms with E-state index in [1.165, 1.54) is 6.92 Å². The van der Waals surface area contributed by atoms with E-state index < -0.39 is 12.0 Å². The van der Waals surface area contributed by atoms with Gasteiger partial charge in [0.15, 0.2) is 5.78 Å². The quantitative estimate of drug-likeness (QED) is 0.652. The number of aliphatic carboxylic acids is 1. The van der Waals surface area contributed by atoms with Gasteiger partial charge >= 0.3 is 5.97 Å². The first-order valence-electron chi connectivity index (χ1n) is 4.04. The van der Waals surface area contributed by atoms with Gasteiger partial charge in [0, 0.05) is 6.42 Å². The van der Waals surface area contributed by atoms with Gasteiger partial charge in [-0.2, -0.15) is 0 Å². The van der Waals surface area contributed by atoms with Crippen LogP contribution in [0.15, 0.2) is 0 Å². The largest absolute Gasteiger partial charge is 0.480 e. The third kappa shape index (κ3) is 2.05. The first kappa shape index (κ1) is 9.70. The normalized spacial score (nSPS) is 22.1. The maximum atomic E-state index is 11.1. The fourth-order valence-corrected chi connectivity index (χ4v) is 1.50. The lowest BCUT2D eigenvalue weighted by Crippen LogP contribution is -2.40. The summed E-state index contributed by atoms with van der Waals surface area (Å²) in [6.45, 7) is 1.00. The van der Waals surface area contributed by atoms with E-state index in [1.54, 1.807) is 0 Å². The molecular formula is C8H11NO4. The lowest BCUT2D eigenvalue weighted by Gasteiger charge is -2.19. The molecule has 1 amide bonds. The number of ketones is 1. The third-order valence-electron chi connectivity index (χ3n) is 2.10. The summed E-state index contributed by atoms with van der Waals surface area (Å²) >= 11 is 0. The minimum atomic E-state index is -1.08. The van der Waals surface area contributed by atoms with E-state index in [0.29, 0.717) is 6.42 Å². The molecule has 0 aromatic carbocycles. The minimum Gasteiger partial charge on any atom is -0.480 e. The number of Topliss-reactive ketones (excluding diaryl/α,β-unsaturated/α-hetero) is 1. The van der Waals surface area contributed by atoms with Crippen LogP contribution in [0.3, 0.4) is 0 Å². The molecule has 1 N–H and O–H groups in total. The van der Waals surface area contributed by atoms with Gasteiger partial charge in [0.25, 0.3) is 0 Å². The number of amides is 1. The molecule has 0 spiro atoms. The standard InChI is InChI=1S/C8H11NO4/c1-5(10)6-2-3-7(11)9(6)4-8(12)13/h6H,2-4H2,1H3,(H,12,13)/t6-/m1/s1. The molecule has 72 valence electrons. The maximum Gasteiger partial charge on any atom is 0.323 e. The van der Waals surface area contributed by atoms with Crippen LogP contribution < -0.4 is 0 Å². The second-order valence-corrected chi connectivity index (χ2v) is 3.08. The zero-order valence-electron chi connectivity index (χ0n) is 7.32. The van der Waals surface area contributed by atoms with Crippen molar-refractivity contribution in [3.63, 3.8) is 0 Å². The Morgan fingerprint density at radius 2 is 2.23 bits per heavy atom. The molecule has 0 aliphatic carbocycles. The van der Waals surface area contributed by atoms with Crippen molar-refractivity contribution in [2.45, 2.75) is 25.8 Å². The van der Waals surface area contributed by atoms with Crippen LogP contribution in [0.2, 0.25) is 0 Å². The molecule has 1 aliphatic rings. The molecule has 1 saturated heterocycles. The summed E-state index contributed by atoms with van der Waals surface area (Å²) in [5.74, 6) is -1.48. The molecule has 1 atom stereocenters. The number of hydrogen-bond acceptors (Lipinski definition) is 3. The molecule has 0 aromatic heterocycles. The Morgan fingerprint density at radius 3 is 2.69 bits per heavy atom. The van der Waals surface area contributed by atoms with Crippen molar-refractivity contribution in [2.75, 3.05) is 6.54 Å². The van der Waals surface area contributed by atoms with Crippen molar-refractivity contribution in [1.82, 2.24) is 4.90 Å². The lowest BCUT2D eigenvalue weighted by atomic mass is 10.1. The molecule has 1 rings (SSSR count). The summed E-state index contributed by atoms with van der Waals surface area (Å²) in [4.78, 5) is 33.6. The van der Waals surface area contributed by atoms with Gasteiger partial charge in [0.2, 0.25) is 5.91 Å². The van der Waals surface area contributed by atoms with Gasteiger partial charge < -0.3 is 10.0 Å². The summed E-state index contributed by atoms with van der Waals surface area (Å²) in [5, 5.41) is 8.49. The van der Waals surface area contributed by atoms with Gasteiger partial charge in [-0.25, -0.2) is 0 Å². The summed E-state index contributed by atoms with van der Waals surface area (Å²) in [5.41, 5.74) is 0. The first-order valence-corrected chi connectivity index (χ1v) is 4.04. The van der Waals surface area contributed by atoms with Gasteiger partial charge in [-0.15, -0.1) is 0 Å². The molecule has 1 heterocycles. The topological polar surface area (TPSA) is 74.7 Å². The van der Waals surface area contributed by atoms with E-state index in [4.69, 9.17) is 5.11 Å². The maximum absolute atomic E-state index is 11.1. The average molecular weight is 185 g/mol. The van der Waals surface area contributed by atoms with E-state index in [-0.39, 0.29) is 24.7 Å². The van der Waals surface area contributed by atoms with Crippen LogP contribution in [0.4, 0.5) is 0 Å². The fourth-order valence-electron chi connectivity index (χ4n) is 1.50. The van der Waals surface area contributed by atoms with Crippen LogP contribution in [0.25, 0.3) is 0 Å². The van der Waals surface area contributed by atoms with Crippen molar-refractivity contribution in [3.05, 3.63) is 0 Å². The molecule has 0 unspecified atom stereocenters. The van der Waals surface area contributed by atoms with Crippen molar-refractivity contribution >= 4 is 17.7 Å². The van der Waals surface area contributed by atoms with E-state index in [9.17, 15) is 14.4 Å². The van der Waals surface area contributed by atoms with Gasteiger partial charge in [-0.1, -0.05) is 0 Å². The lowest BCUT2D eigenvalue weighted by molar-refractivity contribution is -0.145. The highest BCUT2D eigenvalue weighted by Crippen LogP contribution is 2.18. The highest BCUT2D eigenvalue weighted by atomic mass is 16.4. The summed E-state index contributed by atoms with van der Waals surface area (Å²) in [6.07, 6.45) is 0.721. The van der Waals surface area contributed by atoms with Gasteiger partial charge in [0.1, 0.15) is 6.54 Å². The number of carbonyl (C=O) groups excluding carboxylic acids is 2. The smallest absolute Gasteiger partial charge is 0.323 e. The molecule has 0 radical (unpaired) electrons. The Balaban J connectivity index is 2.71. The first-order chi connectivity index (χ1) is 6.02. The predicted octanol–water partition coefficient (Wildman–Crippen LogP) is -0.349. The van der Waals surface area contributed by atoms with E-state index in [1.807, 2.05) is 0 Å². The summed E-state index contributed by atoms with van der Waals surface area (Å²) in [7, 11) is 0. The highest BCUT2D eigenvalue weighted by Gasteiger charge is 2.34. The number of carboxylic acid groups (broad SMARTS) is 1. The molecule has 1 fully saturated rings. The molecule has 13 heavy (non-hydrogen) atoms. The SMILES string of the molecule is CC(=O)[C@H]1CCC(=O)N1CC(=O)O. The number of nitrogens with zero attached hydrogens (tertiary/aromatic N) is 1. The van der Waals surface area contributed by atoms with E-state index in [0.717, 1.165) is 4.90 Å². The molecule has 0 aromatic rings. The Bertz CT molecular complexity index is 261. The Morgan fingerprint density at radius 1 is 1.62 bits per heavy atom. The minimum absolute atomic E-state index is 0.146. The van der Waals surface area contributed by atoms with Crippen LogP contribution in [-0.2, 0) is 14.4 Å². The molecular weight excluding hydrogens is 174 g/mol. The second kappa shape index (κ2) is 3.55. The van der Waals surface area contributed by atoms with E-state index >= 15 is 0 Å². The molecule has 1 aliphatic heterocycles. The second-order valence-electron chi connectivity index (χ2n) is 3.08. The Kier molecular flexibility index (Phi) is 2.65. The predicted molar refractivity (Wildman–Crippen MR) is 43.1 cm³/mol. The van der Waals surface area contributed by atoms with Crippen molar-refractivity contribution in [2.24, 2.45) is 0 Å². The molecule has 5 heteroatoms. The zero-order chi connectivity index (χ0) is 10.0. The van der Waals surface area contributed by atoms with Crippen LogP contribution in [0.5, 0.6) is 0 Å². The van der Waals surface area contributed by atoms with Crippen LogP contribution >= 0.6 is 0 Å². The number of rotatable bonds is 3. The fraction of sp³-hybridized carbons (Fsp3) is 0.625. The molecule has 5 nitrogen and oxygen atoms in total. The number of carboxylic acids is 1. The van der Waals surface area contributed by atoms with Gasteiger partial charge in [-0.3, -0.25) is 14.4 Å². The van der Waals surface area contributed by atoms with Crippen molar-refractivity contribution in [3.8, 4) is 0 Å². The number of hydrogen-bond donors (Lipinski definition) is 1. The number of carbonyl (C=O) groups is 3. The Hall–Kier alpha value is -1.39. The van der Waals surface area contributed by atoms with E-state index in [2.05, 4.69) is 0 Å². The highest BCUT2D eigenvalue weighted by molar-refractivity contribution is 5.92. The number of likely N-dealkylation sites (tertiary alicyclic amines) is 1. The van der Waals surface area contributed by atoms with Crippen molar-refractivity contribution < 1.29 is 19.5 Å². The van der Waals surface area contributed by atoms with Crippen LogP contribution in [-0.4, -0.2) is 40.3 Å². The monoisotopic (exact) mass is 185 g/mol. The average Bonchev–Trinajstić information content (AvgIpc) is 2.32. The van der Waals surface area contributed by atoms with Gasteiger partial charge in [0.05, 0.1) is 6.04 Å².